The lowest BCUT2D eigenvalue weighted by Crippen LogP contribution is -2.56. The van der Waals surface area contributed by atoms with Gasteiger partial charge in [0.1, 0.15) is 6.29 Å². The first-order valence-corrected chi connectivity index (χ1v) is 7.36. The number of likely N-dealkylation sites (N-methyl/N-ethyl adjacent to an activating group) is 1. The van der Waals surface area contributed by atoms with E-state index in [1.54, 1.807) is 11.9 Å². The summed E-state index contributed by atoms with van der Waals surface area (Å²) in [6.07, 6.45) is 3.14. The number of aldehydes is 1. The molecular formula is C18H26N2O2. The highest BCUT2D eigenvalue weighted by Gasteiger charge is 2.42. The molecule has 0 bridgehead atoms. The molecule has 0 radical (unpaired) electrons. The SMILES string of the molecule is CNc1ccc(C(C)(C)C(C)(C)N(C)C(=O)/C=C\C=O)cc1. The molecule has 0 heterocycles. The molecule has 1 aromatic carbocycles. The van der Waals surface area contributed by atoms with Gasteiger partial charge in [-0.2, -0.15) is 0 Å². The maximum atomic E-state index is 12.2. The van der Waals surface area contributed by atoms with E-state index in [2.05, 4.69) is 31.3 Å². The first kappa shape index (κ1) is 18.0. The van der Waals surface area contributed by atoms with Crippen LogP contribution in [-0.4, -0.2) is 36.7 Å². The van der Waals surface area contributed by atoms with Crippen LogP contribution >= 0.6 is 0 Å². The van der Waals surface area contributed by atoms with Crippen molar-refractivity contribution in [1.29, 1.82) is 0 Å². The van der Waals surface area contributed by atoms with Gasteiger partial charge < -0.3 is 10.2 Å². The second kappa shape index (κ2) is 6.77. The van der Waals surface area contributed by atoms with Crippen LogP contribution < -0.4 is 5.32 Å². The largest absolute Gasteiger partial charge is 0.388 e. The average molecular weight is 302 g/mol. The Labute approximate surface area is 133 Å². The highest BCUT2D eigenvalue weighted by Crippen LogP contribution is 2.38. The standard InChI is InChI=1S/C18H26N2O2/c1-17(2,14-9-11-15(19-5)12-10-14)18(3,4)20(6)16(22)8-7-13-21/h7-13,19H,1-6H3/b8-7-. The zero-order valence-corrected chi connectivity index (χ0v) is 14.3. The van der Waals surface area contributed by atoms with Crippen molar-refractivity contribution in [2.45, 2.75) is 38.6 Å². The number of carbonyl (C=O) groups excluding carboxylic acids is 2. The molecule has 0 aliphatic carbocycles. The van der Waals surface area contributed by atoms with Crippen molar-refractivity contribution in [3.63, 3.8) is 0 Å². The number of carbonyl (C=O) groups is 2. The Morgan fingerprint density at radius 2 is 1.68 bits per heavy atom. The van der Waals surface area contributed by atoms with Gasteiger partial charge in [-0.15, -0.1) is 0 Å². The van der Waals surface area contributed by atoms with E-state index >= 15 is 0 Å². The Kier molecular flexibility index (Phi) is 5.53. The van der Waals surface area contributed by atoms with Crippen LogP contribution in [-0.2, 0) is 15.0 Å². The predicted octanol–water partition coefficient (Wildman–Crippen LogP) is 3.00. The first-order valence-electron chi connectivity index (χ1n) is 7.36. The van der Waals surface area contributed by atoms with Gasteiger partial charge in [0.15, 0.2) is 0 Å². The summed E-state index contributed by atoms with van der Waals surface area (Å²) in [4.78, 5) is 24.3. The number of allylic oxidation sites excluding steroid dienone is 1. The van der Waals surface area contributed by atoms with Crippen molar-refractivity contribution < 1.29 is 9.59 Å². The first-order chi connectivity index (χ1) is 10.2. The van der Waals surface area contributed by atoms with Gasteiger partial charge in [0.25, 0.3) is 0 Å². The highest BCUT2D eigenvalue weighted by molar-refractivity contribution is 5.91. The normalized spacial score (nSPS) is 12.3. The quantitative estimate of drug-likeness (QED) is 0.649. The molecule has 1 amide bonds. The van der Waals surface area contributed by atoms with E-state index in [0.29, 0.717) is 6.29 Å². The molecule has 1 aromatic rings. The molecule has 0 spiro atoms. The summed E-state index contributed by atoms with van der Waals surface area (Å²) in [7, 11) is 3.65. The Morgan fingerprint density at radius 1 is 1.14 bits per heavy atom. The van der Waals surface area contributed by atoms with Crippen LogP contribution in [0.1, 0.15) is 33.3 Å². The fourth-order valence-corrected chi connectivity index (χ4v) is 2.33. The zero-order valence-electron chi connectivity index (χ0n) is 14.3. The molecular weight excluding hydrogens is 276 g/mol. The monoisotopic (exact) mass is 302 g/mol. The van der Waals surface area contributed by atoms with E-state index in [4.69, 9.17) is 0 Å². The van der Waals surface area contributed by atoms with Crippen LogP contribution in [0.25, 0.3) is 0 Å². The molecule has 0 atom stereocenters. The van der Waals surface area contributed by atoms with Crippen molar-refractivity contribution in [2.24, 2.45) is 0 Å². The number of benzene rings is 1. The molecule has 0 aliphatic heterocycles. The molecule has 0 aliphatic rings. The van der Waals surface area contributed by atoms with Gasteiger partial charge >= 0.3 is 0 Å². The summed E-state index contributed by atoms with van der Waals surface area (Å²) in [5, 5.41) is 3.10. The van der Waals surface area contributed by atoms with Crippen LogP contribution in [0.15, 0.2) is 36.4 Å². The van der Waals surface area contributed by atoms with Crippen LogP contribution in [0.5, 0.6) is 0 Å². The number of anilines is 1. The third-order valence-electron chi connectivity index (χ3n) is 4.91. The molecule has 0 aromatic heterocycles. The molecule has 4 heteroatoms. The van der Waals surface area contributed by atoms with E-state index in [9.17, 15) is 9.59 Å². The van der Waals surface area contributed by atoms with Crippen LogP contribution in [0, 0.1) is 0 Å². The van der Waals surface area contributed by atoms with Gasteiger partial charge in [-0.25, -0.2) is 0 Å². The summed E-state index contributed by atoms with van der Waals surface area (Å²) < 4.78 is 0. The Bertz CT molecular complexity index is 557. The fourth-order valence-electron chi connectivity index (χ4n) is 2.33. The summed E-state index contributed by atoms with van der Waals surface area (Å²) in [6.45, 7) is 8.31. The highest BCUT2D eigenvalue weighted by atomic mass is 16.2. The van der Waals surface area contributed by atoms with Crippen molar-refractivity contribution >= 4 is 17.9 Å². The maximum Gasteiger partial charge on any atom is 0.246 e. The average Bonchev–Trinajstić information content (AvgIpc) is 2.51. The molecule has 0 fully saturated rings. The lowest BCUT2D eigenvalue weighted by atomic mass is 9.69. The van der Waals surface area contributed by atoms with Crippen molar-refractivity contribution in [2.75, 3.05) is 19.4 Å². The van der Waals surface area contributed by atoms with Crippen molar-refractivity contribution in [1.82, 2.24) is 4.90 Å². The lowest BCUT2D eigenvalue weighted by molar-refractivity contribution is -0.131. The van der Waals surface area contributed by atoms with E-state index in [1.165, 1.54) is 12.2 Å². The predicted molar refractivity (Wildman–Crippen MR) is 91.1 cm³/mol. The maximum absolute atomic E-state index is 12.2. The number of hydrogen-bond acceptors (Lipinski definition) is 3. The third-order valence-corrected chi connectivity index (χ3v) is 4.91. The minimum absolute atomic E-state index is 0.183. The molecule has 0 saturated heterocycles. The van der Waals surface area contributed by atoms with Gasteiger partial charge in [-0.1, -0.05) is 26.0 Å². The molecule has 0 saturated carbocycles. The number of rotatable bonds is 6. The van der Waals surface area contributed by atoms with Gasteiger partial charge in [-0.05, 0) is 37.6 Å². The lowest BCUT2D eigenvalue weighted by Gasteiger charge is -2.48. The van der Waals surface area contributed by atoms with Crippen LogP contribution in [0.4, 0.5) is 5.69 Å². The van der Waals surface area contributed by atoms with Crippen LogP contribution in [0.3, 0.4) is 0 Å². The fraction of sp³-hybridized carbons (Fsp3) is 0.444. The molecule has 1 N–H and O–H groups in total. The molecule has 120 valence electrons. The number of hydrogen-bond donors (Lipinski definition) is 1. The molecule has 22 heavy (non-hydrogen) atoms. The van der Waals surface area contributed by atoms with Crippen molar-refractivity contribution in [3.8, 4) is 0 Å². The zero-order chi connectivity index (χ0) is 17.0. The number of amides is 1. The molecule has 0 unspecified atom stereocenters. The van der Waals surface area contributed by atoms with E-state index < -0.39 is 5.54 Å². The molecule has 1 rings (SSSR count). The van der Waals surface area contributed by atoms with E-state index in [-0.39, 0.29) is 11.3 Å². The Hall–Kier alpha value is -2.10. The van der Waals surface area contributed by atoms with Gasteiger partial charge in [0.05, 0.1) is 0 Å². The summed E-state index contributed by atoms with van der Waals surface area (Å²) in [5.74, 6) is -0.183. The summed E-state index contributed by atoms with van der Waals surface area (Å²) >= 11 is 0. The Morgan fingerprint density at radius 3 is 2.14 bits per heavy atom. The minimum Gasteiger partial charge on any atom is -0.388 e. The second-order valence-electron chi connectivity index (χ2n) is 6.40. The number of nitrogens with one attached hydrogen (secondary N) is 1. The smallest absolute Gasteiger partial charge is 0.246 e. The summed E-state index contributed by atoms with van der Waals surface area (Å²) in [5.41, 5.74) is 1.50. The molecule has 4 nitrogen and oxygen atoms in total. The van der Waals surface area contributed by atoms with Gasteiger partial charge in [0, 0.05) is 36.8 Å². The van der Waals surface area contributed by atoms with Crippen LogP contribution in [0.2, 0.25) is 0 Å². The topological polar surface area (TPSA) is 49.4 Å². The van der Waals surface area contributed by atoms with E-state index in [1.807, 2.05) is 33.0 Å². The third kappa shape index (κ3) is 3.38. The van der Waals surface area contributed by atoms with E-state index in [0.717, 1.165) is 11.3 Å². The Balaban J connectivity index is 3.13. The minimum atomic E-state index is -0.432. The van der Waals surface area contributed by atoms with Gasteiger partial charge in [-0.3, -0.25) is 9.59 Å². The van der Waals surface area contributed by atoms with Gasteiger partial charge in [0.2, 0.25) is 5.91 Å². The van der Waals surface area contributed by atoms with Crippen molar-refractivity contribution in [3.05, 3.63) is 42.0 Å². The second-order valence-corrected chi connectivity index (χ2v) is 6.40. The summed E-state index contributed by atoms with van der Waals surface area (Å²) in [6, 6.07) is 8.21. The number of nitrogens with zero attached hydrogens (tertiary/aromatic N) is 1.